The maximum atomic E-state index is 11.7. The zero-order valence-electron chi connectivity index (χ0n) is 7.59. The first-order valence-corrected chi connectivity index (χ1v) is 4.13. The van der Waals surface area contributed by atoms with Crippen molar-refractivity contribution < 1.29 is 0 Å². The van der Waals surface area contributed by atoms with E-state index in [1.807, 2.05) is 19.9 Å². The summed E-state index contributed by atoms with van der Waals surface area (Å²) in [5.74, 6) is 0. The Morgan fingerprint density at radius 1 is 1.38 bits per heavy atom. The molecule has 0 fully saturated rings. The standard InChI is InChI=1S/C10H10N2O/c1-6-7(2)12-9-3-4-11-5-8(9)10(6)13/h3-5H,1-2H3,(H,12,13). The number of aromatic amines is 1. The van der Waals surface area contributed by atoms with Gasteiger partial charge in [0.15, 0.2) is 5.43 Å². The smallest absolute Gasteiger partial charge is 0.194 e. The third-order valence-corrected chi connectivity index (χ3v) is 2.29. The van der Waals surface area contributed by atoms with Gasteiger partial charge in [-0.25, -0.2) is 0 Å². The molecule has 0 aliphatic carbocycles. The molecule has 13 heavy (non-hydrogen) atoms. The third kappa shape index (κ3) is 1.13. The molecule has 0 aromatic carbocycles. The molecule has 2 aromatic rings. The van der Waals surface area contributed by atoms with Gasteiger partial charge in [0.05, 0.1) is 10.9 Å². The molecule has 3 nitrogen and oxygen atoms in total. The molecule has 0 aliphatic heterocycles. The first-order valence-electron chi connectivity index (χ1n) is 4.13. The molecule has 0 saturated heterocycles. The van der Waals surface area contributed by atoms with Gasteiger partial charge in [-0.1, -0.05) is 0 Å². The highest BCUT2D eigenvalue weighted by Gasteiger charge is 2.03. The lowest BCUT2D eigenvalue weighted by Crippen LogP contribution is -2.09. The van der Waals surface area contributed by atoms with Crippen LogP contribution < -0.4 is 5.43 Å². The summed E-state index contributed by atoms with van der Waals surface area (Å²) in [5.41, 5.74) is 2.60. The normalized spacial score (nSPS) is 10.6. The van der Waals surface area contributed by atoms with Gasteiger partial charge in [0.1, 0.15) is 0 Å². The highest BCUT2D eigenvalue weighted by Crippen LogP contribution is 2.07. The van der Waals surface area contributed by atoms with Gasteiger partial charge in [-0.2, -0.15) is 0 Å². The lowest BCUT2D eigenvalue weighted by Gasteiger charge is -2.02. The molecule has 0 unspecified atom stereocenters. The van der Waals surface area contributed by atoms with Crippen molar-refractivity contribution in [2.75, 3.05) is 0 Å². The summed E-state index contributed by atoms with van der Waals surface area (Å²) >= 11 is 0. The predicted octanol–water partition coefficient (Wildman–Crippen LogP) is 1.54. The number of pyridine rings is 2. The fourth-order valence-corrected chi connectivity index (χ4v) is 1.35. The number of hydrogen-bond acceptors (Lipinski definition) is 2. The summed E-state index contributed by atoms with van der Waals surface area (Å²) in [5, 5.41) is 0.658. The first-order chi connectivity index (χ1) is 6.20. The minimum atomic E-state index is 0.0688. The Kier molecular flexibility index (Phi) is 1.65. The van der Waals surface area contributed by atoms with E-state index in [9.17, 15) is 4.79 Å². The van der Waals surface area contributed by atoms with Crippen molar-refractivity contribution >= 4 is 10.9 Å². The average Bonchev–Trinajstić information content (AvgIpc) is 2.15. The van der Waals surface area contributed by atoms with E-state index in [1.54, 1.807) is 12.4 Å². The Balaban J connectivity index is 3.03. The van der Waals surface area contributed by atoms with Crippen molar-refractivity contribution in [3.05, 3.63) is 39.9 Å². The molecule has 2 rings (SSSR count). The number of rotatable bonds is 0. The summed E-state index contributed by atoms with van der Waals surface area (Å²) in [6, 6.07) is 1.81. The van der Waals surface area contributed by atoms with E-state index < -0.39 is 0 Å². The molecule has 2 aromatic heterocycles. The quantitative estimate of drug-likeness (QED) is 0.658. The second kappa shape index (κ2) is 2.69. The Morgan fingerprint density at radius 3 is 2.92 bits per heavy atom. The third-order valence-electron chi connectivity index (χ3n) is 2.29. The Hall–Kier alpha value is -1.64. The van der Waals surface area contributed by atoms with E-state index in [4.69, 9.17) is 0 Å². The minimum absolute atomic E-state index is 0.0688. The van der Waals surface area contributed by atoms with Crippen molar-refractivity contribution in [2.45, 2.75) is 13.8 Å². The average molecular weight is 174 g/mol. The number of aryl methyl sites for hydroxylation is 1. The van der Waals surface area contributed by atoms with Gasteiger partial charge >= 0.3 is 0 Å². The second-order valence-electron chi connectivity index (χ2n) is 3.13. The maximum absolute atomic E-state index is 11.7. The van der Waals surface area contributed by atoms with Gasteiger partial charge in [-0.15, -0.1) is 0 Å². The number of aromatic nitrogens is 2. The molecule has 0 amide bonds. The zero-order valence-corrected chi connectivity index (χ0v) is 7.59. The molecular formula is C10H10N2O. The first kappa shape index (κ1) is 7.98. The van der Waals surface area contributed by atoms with Gasteiger partial charge in [-0.05, 0) is 19.9 Å². The SMILES string of the molecule is Cc1[nH]c2ccncc2c(=O)c1C. The van der Waals surface area contributed by atoms with Crippen LogP contribution in [0.3, 0.4) is 0 Å². The number of hydrogen-bond donors (Lipinski definition) is 1. The molecule has 66 valence electrons. The van der Waals surface area contributed by atoms with Crippen molar-refractivity contribution in [1.29, 1.82) is 0 Å². The Morgan fingerprint density at radius 2 is 2.15 bits per heavy atom. The molecule has 3 heteroatoms. The number of fused-ring (bicyclic) bond motifs is 1. The Bertz CT molecular complexity index is 514. The molecular weight excluding hydrogens is 164 g/mol. The van der Waals surface area contributed by atoms with Gasteiger partial charge < -0.3 is 4.98 Å². The van der Waals surface area contributed by atoms with E-state index in [0.29, 0.717) is 5.39 Å². The van der Waals surface area contributed by atoms with Crippen LogP contribution in [0.15, 0.2) is 23.3 Å². The fraction of sp³-hybridized carbons (Fsp3) is 0.200. The van der Waals surface area contributed by atoms with Crippen LogP contribution >= 0.6 is 0 Å². The number of nitrogens with one attached hydrogen (secondary N) is 1. The molecule has 0 bridgehead atoms. The number of nitrogens with zero attached hydrogens (tertiary/aromatic N) is 1. The van der Waals surface area contributed by atoms with Crippen LogP contribution in [0.1, 0.15) is 11.3 Å². The van der Waals surface area contributed by atoms with Gasteiger partial charge in [0.2, 0.25) is 0 Å². The lowest BCUT2D eigenvalue weighted by molar-refractivity contribution is 1.17. The molecule has 0 atom stereocenters. The van der Waals surface area contributed by atoms with Gasteiger partial charge in [0, 0.05) is 23.7 Å². The second-order valence-corrected chi connectivity index (χ2v) is 3.13. The van der Waals surface area contributed by atoms with Gasteiger partial charge in [-0.3, -0.25) is 9.78 Å². The largest absolute Gasteiger partial charge is 0.358 e. The van der Waals surface area contributed by atoms with Crippen molar-refractivity contribution in [2.24, 2.45) is 0 Å². The zero-order chi connectivity index (χ0) is 9.42. The highest BCUT2D eigenvalue weighted by atomic mass is 16.1. The minimum Gasteiger partial charge on any atom is -0.358 e. The van der Waals surface area contributed by atoms with Crippen molar-refractivity contribution in [3.63, 3.8) is 0 Å². The predicted molar refractivity (Wildman–Crippen MR) is 51.8 cm³/mol. The van der Waals surface area contributed by atoms with Crippen LogP contribution in [-0.2, 0) is 0 Å². The maximum Gasteiger partial charge on any atom is 0.194 e. The van der Waals surface area contributed by atoms with Crippen LogP contribution in [0, 0.1) is 13.8 Å². The number of H-pyrrole nitrogens is 1. The van der Waals surface area contributed by atoms with Crippen LogP contribution in [0.5, 0.6) is 0 Å². The molecule has 0 aliphatic rings. The van der Waals surface area contributed by atoms with Crippen molar-refractivity contribution in [3.8, 4) is 0 Å². The van der Waals surface area contributed by atoms with Crippen LogP contribution in [-0.4, -0.2) is 9.97 Å². The fourth-order valence-electron chi connectivity index (χ4n) is 1.35. The monoisotopic (exact) mass is 174 g/mol. The van der Waals surface area contributed by atoms with E-state index in [2.05, 4.69) is 9.97 Å². The summed E-state index contributed by atoms with van der Waals surface area (Å²) in [4.78, 5) is 18.8. The van der Waals surface area contributed by atoms with Crippen LogP contribution in [0.25, 0.3) is 10.9 Å². The summed E-state index contributed by atoms with van der Waals surface area (Å²) in [6.45, 7) is 3.72. The molecule has 0 radical (unpaired) electrons. The van der Waals surface area contributed by atoms with E-state index in [-0.39, 0.29) is 5.43 Å². The van der Waals surface area contributed by atoms with Crippen molar-refractivity contribution in [1.82, 2.24) is 9.97 Å². The lowest BCUT2D eigenvalue weighted by atomic mass is 10.1. The summed E-state index contributed by atoms with van der Waals surface area (Å²) in [7, 11) is 0. The topological polar surface area (TPSA) is 45.8 Å². The summed E-state index contributed by atoms with van der Waals surface area (Å²) in [6.07, 6.45) is 3.27. The molecule has 0 saturated carbocycles. The van der Waals surface area contributed by atoms with E-state index in [1.165, 1.54) is 0 Å². The van der Waals surface area contributed by atoms with E-state index in [0.717, 1.165) is 16.8 Å². The van der Waals surface area contributed by atoms with Gasteiger partial charge in [0.25, 0.3) is 0 Å². The summed E-state index contributed by atoms with van der Waals surface area (Å²) < 4.78 is 0. The molecule has 1 N–H and O–H groups in total. The van der Waals surface area contributed by atoms with E-state index >= 15 is 0 Å². The highest BCUT2D eigenvalue weighted by molar-refractivity contribution is 5.77. The van der Waals surface area contributed by atoms with Crippen LogP contribution in [0.2, 0.25) is 0 Å². The molecule has 2 heterocycles. The Labute approximate surface area is 75.4 Å². The van der Waals surface area contributed by atoms with Crippen LogP contribution in [0.4, 0.5) is 0 Å². The molecule has 0 spiro atoms.